The largest absolute Gasteiger partial charge is 0.312 e. The molecule has 0 bridgehead atoms. The SMILES string of the molecule is CCCCCC1=C([C@H](N)NCCC)[C@@H](C)[C@@H]([C@@H]2CCC[C@@H](C)[C@@H]3C[C@H]23)C(C)=C1. The van der Waals surface area contributed by atoms with Gasteiger partial charge in [-0.15, -0.1) is 0 Å². The molecule has 0 saturated heterocycles. The molecule has 2 heteroatoms. The molecule has 3 N–H and O–H groups in total. The van der Waals surface area contributed by atoms with Gasteiger partial charge in [-0.1, -0.05) is 65.0 Å². The quantitative estimate of drug-likeness (QED) is 0.354. The third-order valence-electron chi connectivity index (χ3n) is 8.16. The number of nitrogens with two attached hydrogens (primary N) is 1. The minimum Gasteiger partial charge on any atom is -0.312 e. The summed E-state index contributed by atoms with van der Waals surface area (Å²) in [5.41, 5.74) is 11.5. The lowest BCUT2D eigenvalue weighted by atomic mass is 9.66. The maximum atomic E-state index is 6.76. The molecule has 0 aliphatic heterocycles. The Kier molecular flexibility index (Phi) is 7.84. The van der Waals surface area contributed by atoms with Crippen molar-refractivity contribution >= 4 is 0 Å². The van der Waals surface area contributed by atoms with Crippen LogP contribution in [0.3, 0.4) is 0 Å². The van der Waals surface area contributed by atoms with Crippen molar-refractivity contribution in [1.82, 2.24) is 5.32 Å². The molecule has 0 amide bonds. The first-order valence-corrected chi connectivity index (χ1v) is 12.4. The highest BCUT2D eigenvalue weighted by atomic mass is 15.0. The third kappa shape index (κ3) is 4.75. The van der Waals surface area contributed by atoms with E-state index in [1.165, 1.54) is 56.9 Å². The first kappa shape index (κ1) is 22.1. The molecule has 0 aromatic carbocycles. The summed E-state index contributed by atoms with van der Waals surface area (Å²) in [4.78, 5) is 0. The number of hydrogen-bond donors (Lipinski definition) is 2. The van der Waals surface area contributed by atoms with Gasteiger partial charge in [0.1, 0.15) is 0 Å². The van der Waals surface area contributed by atoms with Crippen LogP contribution in [0, 0.1) is 35.5 Å². The normalized spacial score (nSPS) is 36.6. The second-order valence-electron chi connectivity index (χ2n) is 10.2. The number of nitrogens with one attached hydrogen (secondary N) is 1. The molecule has 28 heavy (non-hydrogen) atoms. The smallest absolute Gasteiger partial charge is 0.0777 e. The Morgan fingerprint density at radius 1 is 1.07 bits per heavy atom. The van der Waals surface area contributed by atoms with Gasteiger partial charge in [0.15, 0.2) is 0 Å². The van der Waals surface area contributed by atoms with E-state index in [4.69, 9.17) is 5.73 Å². The molecule has 3 rings (SSSR count). The Morgan fingerprint density at radius 2 is 1.86 bits per heavy atom. The number of rotatable bonds is 9. The third-order valence-corrected chi connectivity index (χ3v) is 8.16. The summed E-state index contributed by atoms with van der Waals surface area (Å²) in [6.45, 7) is 13.0. The maximum absolute atomic E-state index is 6.76. The summed E-state index contributed by atoms with van der Waals surface area (Å²) >= 11 is 0. The topological polar surface area (TPSA) is 38.0 Å². The number of unbranched alkanes of at least 4 members (excludes halogenated alkanes) is 2. The lowest BCUT2D eigenvalue weighted by Gasteiger charge is -2.40. The van der Waals surface area contributed by atoms with Crippen molar-refractivity contribution in [2.75, 3.05) is 6.54 Å². The first-order valence-electron chi connectivity index (χ1n) is 12.4. The lowest BCUT2D eigenvalue weighted by Crippen LogP contribution is -2.45. The molecule has 0 heterocycles. The van der Waals surface area contributed by atoms with Crippen LogP contribution in [0.25, 0.3) is 0 Å². The summed E-state index contributed by atoms with van der Waals surface area (Å²) < 4.78 is 0. The molecule has 0 aromatic rings. The Bertz CT molecular complexity index is 575. The van der Waals surface area contributed by atoms with Crippen LogP contribution in [0.2, 0.25) is 0 Å². The van der Waals surface area contributed by atoms with Crippen molar-refractivity contribution in [3.63, 3.8) is 0 Å². The molecule has 0 unspecified atom stereocenters. The van der Waals surface area contributed by atoms with E-state index in [0.29, 0.717) is 11.8 Å². The van der Waals surface area contributed by atoms with Gasteiger partial charge in [-0.25, -0.2) is 0 Å². The summed E-state index contributed by atoms with van der Waals surface area (Å²) in [6, 6.07) is 0. The van der Waals surface area contributed by atoms with Crippen LogP contribution in [0.4, 0.5) is 0 Å². The van der Waals surface area contributed by atoms with Crippen molar-refractivity contribution in [2.45, 2.75) is 98.6 Å². The van der Waals surface area contributed by atoms with Gasteiger partial charge in [0, 0.05) is 0 Å². The van der Waals surface area contributed by atoms with Crippen LogP contribution >= 0.6 is 0 Å². The summed E-state index contributed by atoms with van der Waals surface area (Å²) in [5, 5.41) is 3.62. The van der Waals surface area contributed by atoms with Gasteiger partial charge < -0.3 is 5.73 Å². The second-order valence-corrected chi connectivity index (χ2v) is 10.2. The highest BCUT2D eigenvalue weighted by molar-refractivity contribution is 5.39. The van der Waals surface area contributed by atoms with Crippen LogP contribution < -0.4 is 11.1 Å². The van der Waals surface area contributed by atoms with Crippen molar-refractivity contribution < 1.29 is 0 Å². The molecule has 2 nitrogen and oxygen atoms in total. The van der Waals surface area contributed by atoms with E-state index in [0.717, 1.165) is 36.6 Å². The van der Waals surface area contributed by atoms with Crippen LogP contribution in [0.15, 0.2) is 22.8 Å². The fraction of sp³-hybridized carbons (Fsp3) is 0.846. The number of allylic oxidation sites excluding steroid dienone is 3. The van der Waals surface area contributed by atoms with Gasteiger partial charge in [-0.05, 0) is 92.2 Å². The highest BCUT2D eigenvalue weighted by Crippen LogP contribution is 2.59. The van der Waals surface area contributed by atoms with Crippen LogP contribution in [0.5, 0.6) is 0 Å². The van der Waals surface area contributed by atoms with E-state index in [9.17, 15) is 0 Å². The second kappa shape index (κ2) is 9.94. The molecule has 0 spiro atoms. The summed E-state index contributed by atoms with van der Waals surface area (Å²) in [5.74, 6) is 5.12. The summed E-state index contributed by atoms with van der Waals surface area (Å²) in [7, 11) is 0. The minimum atomic E-state index is 0.0260. The zero-order valence-electron chi connectivity index (χ0n) is 19.3. The lowest BCUT2D eigenvalue weighted by molar-refractivity contribution is 0.243. The highest BCUT2D eigenvalue weighted by Gasteiger charge is 2.51. The molecule has 160 valence electrons. The maximum Gasteiger partial charge on any atom is 0.0777 e. The Labute approximate surface area is 174 Å². The fourth-order valence-electron chi connectivity index (χ4n) is 6.65. The van der Waals surface area contributed by atoms with Gasteiger partial charge >= 0.3 is 0 Å². The first-order chi connectivity index (χ1) is 13.5. The zero-order valence-corrected chi connectivity index (χ0v) is 19.3. The standard InChI is InChI=1S/C26H46N2/c1-6-8-9-12-20-15-18(4)24(19(5)25(20)26(27)28-14-7-2)21-13-10-11-17(3)22-16-23(21)22/h15,17,19,21-24,26,28H,6-14,16,27H2,1-5H3/t17-,19+,21-,22+,23-,24+,26-/m1/s1. The van der Waals surface area contributed by atoms with Crippen molar-refractivity contribution in [3.05, 3.63) is 22.8 Å². The molecule has 3 aliphatic carbocycles. The summed E-state index contributed by atoms with van der Waals surface area (Å²) in [6.07, 6.45) is 14.6. The average Bonchev–Trinajstić information content (AvgIpc) is 3.46. The van der Waals surface area contributed by atoms with E-state index in [1.807, 2.05) is 0 Å². The Morgan fingerprint density at radius 3 is 2.57 bits per heavy atom. The van der Waals surface area contributed by atoms with Gasteiger partial charge in [0.05, 0.1) is 6.17 Å². The molecular weight excluding hydrogens is 340 g/mol. The van der Waals surface area contributed by atoms with Gasteiger partial charge in [-0.2, -0.15) is 0 Å². The molecule has 0 aromatic heterocycles. The monoisotopic (exact) mass is 386 g/mol. The van der Waals surface area contributed by atoms with E-state index in [-0.39, 0.29) is 6.17 Å². The molecule has 7 atom stereocenters. The molecule has 2 saturated carbocycles. The van der Waals surface area contributed by atoms with Crippen LogP contribution in [-0.2, 0) is 0 Å². The van der Waals surface area contributed by atoms with Gasteiger partial charge in [0.25, 0.3) is 0 Å². The van der Waals surface area contributed by atoms with E-state index in [2.05, 4.69) is 46.0 Å². The van der Waals surface area contributed by atoms with Crippen LogP contribution in [0.1, 0.15) is 92.4 Å². The fourth-order valence-corrected chi connectivity index (χ4v) is 6.65. The van der Waals surface area contributed by atoms with Gasteiger partial charge in [-0.3, -0.25) is 5.32 Å². The Balaban J connectivity index is 1.84. The minimum absolute atomic E-state index is 0.0260. The van der Waals surface area contributed by atoms with E-state index < -0.39 is 0 Å². The zero-order chi connectivity index (χ0) is 20.3. The molecule has 3 aliphatic rings. The van der Waals surface area contributed by atoms with Crippen LogP contribution in [-0.4, -0.2) is 12.7 Å². The molecule has 0 radical (unpaired) electrons. The average molecular weight is 387 g/mol. The molecular formula is C26H46N2. The number of fused-ring (bicyclic) bond motifs is 1. The van der Waals surface area contributed by atoms with Gasteiger partial charge in [0.2, 0.25) is 0 Å². The van der Waals surface area contributed by atoms with Crippen molar-refractivity contribution in [1.29, 1.82) is 0 Å². The number of hydrogen-bond acceptors (Lipinski definition) is 2. The molecule has 2 fully saturated rings. The van der Waals surface area contributed by atoms with E-state index >= 15 is 0 Å². The van der Waals surface area contributed by atoms with Crippen molar-refractivity contribution in [3.8, 4) is 0 Å². The van der Waals surface area contributed by atoms with E-state index in [1.54, 1.807) is 11.1 Å². The Hall–Kier alpha value is -0.600. The predicted molar refractivity (Wildman–Crippen MR) is 122 cm³/mol. The predicted octanol–water partition coefficient (Wildman–Crippen LogP) is 6.43. The van der Waals surface area contributed by atoms with Crippen molar-refractivity contribution in [2.24, 2.45) is 41.2 Å².